The number of fused-ring (bicyclic) bond motifs is 5. The number of hydrogen-bond donors (Lipinski definition) is 1. The molecule has 0 amide bonds. The van der Waals surface area contributed by atoms with Gasteiger partial charge in [-0.05, 0) is 94.1 Å². The van der Waals surface area contributed by atoms with E-state index in [1.54, 1.807) is 0 Å². The lowest BCUT2D eigenvalue weighted by Gasteiger charge is -2.26. The molecule has 0 radical (unpaired) electrons. The van der Waals surface area contributed by atoms with E-state index in [0.717, 1.165) is 78.7 Å². The summed E-state index contributed by atoms with van der Waals surface area (Å²) in [7, 11) is 0. The van der Waals surface area contributed by atoms with Crippen molar-refractivity contribution < 1.29 is 4.42 Å². The molecule has 58 heavy (non-hydrogen) atoms. The van der Waals surface area contributed by atoms with E-state index in [1.165, 1.54) is 16.3 Å². The number of para-hydroxylation sites is 1. The lowest BCUT2D eigenvalue weighted by molar-refractivity contribution is 0.571. The molecule has 11 rings (SSSR count). The van der Waals surface area contributed by atoms with Crippen molar-refractivity contribution in [2.45, 2.75) is 12.6 Å². The van der Waals surface area contributed by atoms with Crippen LogP contribution in [0.3, 0.4) is 0 Å². The number of furan rings is 1. The quantitative estimate of drug-likeness (QED) is 0.177. The van der Waals surface area contributed by atoms with Crippen LogP contribution in [0.1, 0.15) is 29.3 Å². The van der Waals surface area contributed by atoms with E-state index >= 15 is 0 Å². The minimum Gasteiger partial charge on any atom is -0.456 e. The second kappa shape index (κ2) is 14.2. The van der Waals surface area contributed by atoms with Gasteiger partial charge in [0.1, 0.15) is 23.0 Å². The Labute approximate surface area is 336 Å². The zero-order chi connectivity index (χ0) is 38.4. The van der Waals surface area contributed by atoms with Gasteiger partial charge in [0.15, 0.2) is 5.84 Å². The molecule has 2 aliphatic carbocycles. The van der Waals surface area contributed by atoms with Gasteiger partial charge >= 0.3 is 0 Å². The van der Waals surface area contributed by atoms with Crippen LogP contribution in [-0.4, -0.2) is 11.7 Å². The van der Waals surface area contributed by atoms with Gasteiger partial charge in [-0.1, -0.05) is 146 Å². The molecule has 2 atom stereocenters. The maximum atomic E-state index is 6.79. The third-order valence-electron chi connectivity index (χ3n) is 11.4. The molecule has 0 saturated heterocycles. The van der Waals surface area contributed by atoms with Crippen LogP contribution in [0.25, 0.3) is 45.0 Å². The largest absolute Gasteiger partial charge is 0.456 e. The summed E-state index contributed by atoms with van der Waals surface area (Å²) in [4.78, 5) is 12.7. The lowest BCUT2D eigenvalue weighted by atomic mass is 9.87. The highest BCUT2D eigenvalue weighted by atomic mass is 16.3. The Morgan fingerprint density at radius 1 is 0.621 bits per heavy atom. The number of hydrogen-bond acceptors (Lipinski definition) is 5. The number of nitrogens with zero attached hydrogens (tertiary/aromatic N) is 3. The van der Waals surface area contributed by atoms with E-state index in [1.807, 2.05) is 24.3 Å². The molecule has 1 aromatic heterocycles. The van der Waals surface area contributed by atoms with Crippen LogP contribution >= 0.6 is 0 Å². The summed E-state index contributed by atoms with van der Waals surface area (Å²) in [6.07, 6.45) is 11.9. The summed E-state index contributed by atoms with van der Waals surface area (Å²) >= 11 is 0. The van der Waals surface area contributed by atoms with Gasteiger partial charge in [0.05, 0.1) is 0 Å². The van der Waals surface area contributed by atoms with E-state index in [2.05, 4.69) is 186 Å². The molecule has 1 aliphatic heterocycles. The van der Waals surface area contributed by atoms with E-state index in [0.29, 0.717) is 11.8 Å². The molecule has 0 fully saturated rings. The predicted octanol–water partition coefficient (Wildman–Crippen LogP) is 11.3. The van der Waals surface area contributed by atoms with Gasteiger partial charge in [-0.2, -0.15) is 0 Å². The van der Waals surface area contributed by atoms with Crippen LogP contribution in [0.5, 0.6) is 0 Å². The summed E-state index contributed by atoms with van der Waals surface area (Å²) in [6.45, 7) is 0. The molecule has 1 N–H and O–H groups in total. The van der Waals surface area contributed by atoms with Crippen molar-refractivity contribution in [3.8, 4) is 11.1 Å². The Morgan fingerprint density at radius 2 is 1.33 bits per heavy atom. The van der Waals surface area contributed by atoms with E-state index in [4.69, 9.17) is 14.4 Å². The number of anilines is 3. The van der Waals surface area contributed by atoms with Gasteiger partial charge in [0.2, 0.25) is 0 Å². The Hall–Kier alpha value is -7.50. The fourth-order valence-corrected chi connectivity index (χ4v) is 8.49. The summed E-state index contributed by atoms with van der Waals surface area (Å²) in [5.74, 6) is 1.75. The Morgan fingerprint density at radius 3 is 2.14 bits per heavy atom. The predicted molar refractivity (Wildman–Crippen MR) is 239 cm³/mol. The van der Waals surface area contributed by atoms with Crippen LogP contribution < -0.4 is 20.9 Å². The maximum Gasteiger partial charge on any atom is 0.159 e. The molecule has 5 nitrogen and oxygen atoms in total. The van der Waals surface area contributed by atoms with Gasteiger partial charge < -0.3 is 14.6 Å². The first-order valence-electron chi connectivity index (χ1n) is 19.9. The van der Waals surface area contributed by atoms with Crippen molar-refractivity contribution in [3.63, 3.8) is 0 Å². The van der Waals surface area contributed by atoms with Gasteiger partial charge in [0.25, 0.3) is 0 Å². The number of allylic oxidation sites excluding steroid dienone is 4. The maximum absolute atomic E-state index is 6.79. The van der Waals surface area contributed by atoms with Gasteiger partial charge in [-0.25, -0.2) is 9.98 Å². The fourth-order valence-electron chi connectivity index (χ4n) is 8.49. The van der Waals surface area contributed by atoms with E-state index in [-0.39, 0.29) is 6.17 Å². The summed E-state index contributed by atoms with van der Waals surface area (Å²) in [6, 6.07) is 59.7. The van der Waals surface area contributed by atoms with Gasteiger partial charge in [0, 0.05) is 44.7 Å². The number of aliphatic imine (C=N–C) groups is 2. The monoisotopic (exact) mass is 746 g/mol. The Bertz CT molecular complexity index is 3110. The first-order chi connectivity index (χ1) is 28.7. The molecular weight excluding hydrogens is 709 g/mol. The average molecular weight is 747 g/mol. The van der Waals surface area contributed by atoms with Crippen LogP contribution in [0, 0.1) is 5.92 Å². The van der Waals surface area contributed by atoms with Crippen molar-refractivity contribution >= 4 is 62.6 Å². The number of amidine groups is 2. The van der Waals surface area contributed by atoms with Crippen molar-refractivity contribution in [1.29, 1.82) is 0 Å². The molecule has 2 heterocycles. The molecule has 0 bridgehead atoms. The average Bonchev–Trinajstić information content (AvgIpc) is 3.66. The second-order valence-electron chi connectivity index (χ2n) is 15.0. The first kappa shape index (κ1) is 33.8. The highest BCUT2D eigenvalue weighted by molar-refractivity contribution is 6.15. The minimum absolute atomic E-state index is 0.310. The number of benzene rings is 7. The summed E-state index contributed by atoms with van der Waals surface area (Å²) < 4.78 is 6.79. The molecular formula is C53H38N4O. The normalized spacial score (nSPS) is 16.9. The van der Waals surface area contributed by atoms with Crippen molar-refractivity contribution in [2.24, 2.45) is 15.9 Å². The van der Waals surface area contributed by atoms with Crippen LogP contribution in [0.15, 0.2) is 208 Å². The molecule has 276 valence electrons. The van der Waals surface area contributed by atoms with Crippen LogP contribution in [0.4, 0.5) is 17.1 Å². The highest BCUT2D eigenvalue weighted by Crippen LogP contribution is 2.38. The third kappa shape index (κ3) is 6.14. The Balaban J connectivity index is 1.09. The fraction of sp³-hybridized carbons (Fsp3) is 0.0566. The number of nitrogens with one attached hydrogen (secondary N) is 1. The summed E-state index contributed by atoms with van der Waals surface area (Å²) in [5, 5.41) is 8.27. The standard InChI is InChI=1S/C53H38N4O/c1-4-15-37(16-5-1)51-54-52(38-17-6-2-7-18-38)56-53(55-51)42-32-46(50-47-31-40-20-12-13-21-41(40)33-48(47)58-49(50)34-42)36-25-27-44(28-26-36)57(43-22-8-3-9-23-43)45-29-24-35-14-10-11-19-39(35)30-45/h1-19,21-34,40,51H,20H2,(H,54,55,56). The van der Waals surface area contributed by atoms with Crippen molar-refractivity contribution in [1.82, 2.24) is 5.32 Å². The minimum atomic E-state index is -0.310. The topological polar surface area (TPSA) is 53.1 Å². The van der Waals surface area contributed by atoms with Crippen LogP contribution in [-0.2, 0) is 0 Å². The third-order valence-corrected chi connectivity index (χ3v) is 11.4. The summed E-state index contributed by atoms with van der Waals surface area (Å²) in [5.41, 5.74) is 11.4. The molecule has 3 aliphatic rings. The van der Waals surface area contributed by atoms with E-state index < -0.39 is 0 Å². The zero-order valence-electron chi connectivity index (χ0n) is 31.7. The molecule has 0 spiro atoms. The molecule has 2 unspecified atom stereocenters. The zero-order valence-corrected chi connectivity index (χ0v) is 31.7. The highest BCUT2D eigenvalue weighted by Gasteiger charge is 2.25. The molecule has 8 aromatic rings. The first-order valence-corrected chi connectivity index (χ1v) is 19.9. The number of rotatable bonds is 7. The smallest absolute Gasteiger partial charge is 0.159 e. The van der Waals surface area contributed by atoms with Crippen LogP contribution in [0.2, 0.25) is 0 Å². The lowest BCUT2D eigenvalue weighted by Crippen LogP contribution is -2.33. The van der Waals surface area contributed by atoms with Crippen molar-refractivity contribution in [2.75, 3.05) is 4.90 Å². The Kier molecular flexibility index (Phi) is 8.29. The second-order valence-corrected chi connectivity index (χ2v) is 15.0. The molecule has 5 heteroatoms. The van der Waals surface area contributed by atoms with Gasteiger partial charge in [-0.3, -0.25) is 0 Å². The molecule has 7 aromatic carbocycles. The van der Waals surface area contributed by atoms with E-state index in [9.17, 15) is 0 Å². The SMILES string of the molecule is C1=CCC2C=c3c(oc4cc(C5=NC(c6ccccc6)NC(c6ccccc6)=N5)cc(-c5ccc(N(c6ccccc6)c6ccc7ccccc7c6)cc5)c34)=CC2=C1. The molecule has 0 saturated carbocycles. The van der Waals surface area contributed by atoms with Gasteiger partial charge in [-0.15, -0.1) is 0 Å². The van der Waals surface area contributed by atoms with Crippen molar-refractivity contribution in [3.05, 3.63) is 221 Å².